The molecule has 2 rings (SSSR count). The molecule has 1 unspecified atom stereocenters. The molecule has 0 aliphatic rings. The molecule has 1 heterocycles. The molecule has 1 aromatic heterocycles. The minimum atomic E-state index is -0.0730. The number of hydrogen-bond donors (Lipinski definition) is 1. The van der Waals surface area contributed by atoms with E-state index in [0.29, 0.717) is 6.54 Å². The first-order valence-electron chi connectivity index (χ1n) is 5.58. The van der Waals surface area contributed by atoms with Crippen LogP contribution in [-0.4, -0.2) is 6.54 Å². The van der Waals surface area contributed by atoms with Gasteiger partial charge in [0.05, 0.1) is 12.0 Å². The van der Waals surface area contributed by atoms with E-state index >= 15 is 0 Å². The summed E-state index contributed by atoms with van der Waals surface area (Å²) in [6.07, 6.45) is 0. The zero-order chi connectivity index (χ0) is 11.9. The van der Waals surface area contributed by atoms with Crippen LogP contribution in [0, 0.1) is 11.3 Å². The van der Waals surface area contributed by atoms with Crippen LogP contribution in [0.1, 0.15) is 16.4 Å². The minimum Gasteiger partial charge on any atom is -0.310 e. The van der Waals surface area contributed by atoms with Gasteiger partial charge >= 0.3 is 0 Å². The summed E-state index contributed by atoms with van der Waals surface area (Å²) >= 11 is 1.73. The zero-order valence-electron chi connectivity index (χ0n) is 9.47. The maximum absolute atomic E-state index is 9.15. The Hall–Kier alpha value is -1.63. The van der Waals surface area contributed by atoms with E-state index in [0.717, 1.165) is 12.1 Å². The van der Waals surface area contributed by atoms with E-state index in [2.05, 4.69) is 22.8 Å². The summed E-state index contributed by atoms with van der Waals surface area (Å²) in [5.41, 5.74) is 1.08. The van der Waals surface area contributed by atoms with Crippen molar-refractivity contribution < 1.29 is 0 Å². The highest BCUT2D eigenvalue weighted by atomic mass is 32.1. The lowest BCUT2D eigenvalue weighted by Crippen LogP contribution is -2.19. The van der Waals surface area contributed by atoms with Gasteiger partial charge in [-0.25, -0.2) is 0 Å². The average molecular weight is 242 g/mol. The van der Waals surface area contributed by atoms with Crippen molar-refractivity contribution in [1.82, 2.24) is 5.32 Å². The van der Waals surface area contributed by atoms with E-state index in [-0.39, 0.29) is 5.92 Å². The molecule has 0 fully saturated rings. The first kappa shape index (κ1) is 11.8. The Labute approximate surface area is 106 Å². The summed E-state index contributed by atoms with van der Waals surface area (Å²) in [4.78, 5) is 1.30. The molecular weight excluding hydrogens is 228 g/mol. The van der Waals surface area contributed by atoms with Crippen LogP contribution in [-0.2, 0) is 6.54 Å². The first-order chi connectivity index (χ1) is 8.40. The van der Waals surface area contributed by atoms with Gasteiger partial charge in [0, 0.05) is 18.0 Å². The van der Waals surface area contributed by atoms with E-state index in [1.54, 1.807) is 11.3 Å². The van der Waals surface area contributed by atoms with E-state index in [1.165, 1.54) is 4.88 Å². The SMILES string of the molecule is N#CC(CNCc1cccs1)c1ccccc1. The third-order valence-electron chi connectivity index (χ3n) is 2.59. The van der Waals surface area contributed by atoms with Gasteiger partial charge in [0.25, 0.3) is 0 Å². The lowest BCUT2D eigenvalue weighted by atomic mass is 10.0. The molecule has 0 aliphatic carbocycles. The van der Waals surface area contributed by atoms with Crippen LogP contribution in [0.25, 0.3) is 0 Å². The Kier molecular flexibility index (Phi) is 4.31. The predicted molar refractivity (Wildman–Crippen MR) is 70.8 cm³/mol. The molecule has 0 aliphatic heterocycles. The normalized spacial score (nSPS) is 11.9. The average Bonchev–Trinajstić information content (AvgIpc) is 2.89. The van der Waals surface area contributed by atoms with Gasteiger partial charge in [-0.2, -0.15) is 5.26 Å². The monoisotopic (exact) mass is 242 g/mol. The van der Waals surface area contributed by atoms with Crippen molar-refractivity contribution in [3.63, 3.8) is 0 Å². The van der Waals surface area contributed by atoms with Gasteiger partial charge in [0.15, 0.2) is 0 Å². The van der Waals surface area contributed by atoms with Crippen molar-refractivity contribution in [1.29, 1.82) is 5.26 Å². The molecule has 3 heteroatoms. The highest BCUT2D eigenvalue weighted by Gasteiger charge is 2.09. The lowest BCUT2D eigenvalue weighted by molar-refractivity contribution is 0.657. The van der Waals surface area contributed by atoms with Gasteiger partial charge in [-0.3, -0.25) is 0 Å². The molecule has 0 saturated heterocycles. The molecule has 2 aromatic rings. The molecule has 86 valence electrons. The van der Waals surface area contributed by atoms with E-state index in [9.17, 15) is 0 Å². The van der Waals surface area contributed by atoms with Crippen molar-refractivity contribution in [3.05, 3.63) is 58.3 Å². The van der Waals surface area contributed by atoms with Gasteiger partial charge < -0.3 is 5.32 Å². The van der Waals surface area contributed by atoms with Crippen LogP contribution in [0.5, 0.6) is 0 Å². The second-order valence-electron chi connectivity index (χ2n) is 3.80. The van der Waals surface area contributed by atoms with Crippen LogP contribution < -0.4 is 5.32 Å². The molecule has 1 atom stereocenters. The molecule has 0 radical (unpaired) electrons. The fourth-order valence-electron chi connectivity index (χ4n) is 1.68. The fourth-order valence-corrected chi connectivity index (χ4v) is 2.35. The number of nitrogens with one attached hydrogen (secondary N) is 1. The van der Waals surface area contributed by atoms with Gasteiger partial charge in [-0.05, 0) is 17.0 Å². The van der Waals surface area contributed by atoms with Gasteiger partial charge in [-0.15, -0.1) is 11.3 Å². The number of hydrogen-bond acceptors (Lipinski definition) is 3. The van der Waals surface area contributed by atoms with E-state index in [4.69, 9.17) is 5.26 Å². The Morgan fingerprint density at radius 2 is 2.00 bits per heavy atom. The van der Waals surface area contributed by atoms with Gasteiger partial charge in [0.1, 0.15) is 0 Å². The Morgan fingerprint density at radius 3 is 2.65 bits per heavy atom. The maximum atomic E-state index is 9.15. The molecule has 1 N–H and O–H groups in total. The molecule has 17 heavy (non-hydrogen) atoms. The molecular formula is C14H14N2S. The van der Waals surface area contributed by atoms with Crippen molar-refractivity contribution in [2.45, 2.75) is 12.5 Å². The molecule has 0 spiro atoms. The second kappa shape index (κ2) is 6.19. The number of rotatable bonds is 5. The number of benzene rings is 1. The van der Waals surface area contributed by atoms with Crippen molar-refractivity contribution in [2.75, 3.05) is 6.54 Å². The van der Waals surface area contributed by atoms with Crippen LogP contribution in [0.15, 0.2) is 47.8 Å². The summed E-state index contributed by atoms with van der Waals surface area (Å²) in [6.45, 7) is 1.53. The zero-order valence-corrected chi connectivity index (χ0v) is 10.3. The Bertz CT molecular complexity index is 471. The molecule has 0 saturated carbocycles. The number of nitrogens with zero attached hydrogens (tertiary/aromatic N) is 1. The first-order valence-corrected chi connectivity index (χ1v) is 6.46. The van der Waals surface area contributed by atoms with Gasteiger partial charge in [-0.1, -0.05) is 36.4 Å². The third-order valence-corrected chi connectivity index (χ3v) is 3.46. The summed E-state index contributed by atoms with van der Waals surface area (Å²) in [7, 11) is 0. The van der Waals surface area contributed by atoms with Crippen LogP contribution >= 0.6 is 11.3 Å². The quantitative estimate of drug-likeness (QED) is 0.874. The largest absolute Gasteiger partial charge is 0.310 e. The summed E-state index contributed by atoms with van der Waals surface area (Å²) < 4.78 is 0. The second-order valence-corrected chi connectivity index (χ2v) is 4.83. The topological polar surface area (TPSA) is 35.8 Å². The molecule has 1 aromatic carbocycles. The van der Waals surface area contributed by atoms with E-state index < -0.39 is 0 Å². The van der Waals surface area contributed by atoms with Crippen LogP contribution in [0.3, 0.4) is 0 Å². The molecule has 2 nitrogen and oxygen atoms in total. The summed E-state index contributed by atoms with van der Waals surface area (Å²) in [5.74, 6) is -0.0730. The van der Waals surface area contributed by atoms with Gasteiger partial charge in [0.2, 0.25) is 0 Å². The van der Waals surface area contributed by atoms with E-state index in [1.807, 2.05) is 36.4 Å². The lowest BCUT2D eigenvalue weighted by Gasteiger charge is -2.10. The standard InChI is InChI=1S/C14H14N2S/c15-9-13(12-5-2-1-3-6-12)10-16-11-14-7-4-8-17-14/h1-8,13,16H,10-11H2. The molecule has 0 amide bonds. The predicted octanol–water partition coefficient (Wildman–Crippen LogP) is 3.15. The highest BCUT2D eigenvalue weighted by Crippen LogP contribution is 2.14. The fraction of sp³-hybridized carbons (Fsp3) is 0.214. The van der Waals surface area contributed by atoms with Crippen molar-refractivity contribution in [2.24, 2.45) is 0 Å². The van der Waals surface area contributed by atoms with Crippen molar-refractivity contribution in [3.8, 4) is 6.07 Å². The minimum absolute atomic E-state index is 0.0730. The summed E-state index contributed by atoms with van der Waals surface area (Å²) in [6, 6.07) is 16.4. The highest BCUT2D eigenvalue weighted by molar-refractivity contribution is 7.09. The third kappa shape index (κ3) is 3.42. The Balaban J connectivity index is 1.87. The smallest absolute Gasteiger partial charge is 0.0837 e. The molecule has 0 bridgehead atoms. The Morgan fingerprint density at radius 1 is 1.18 bits per heavy atom. The number of nitriles is 1. The van der Waals surface area contributed by atoms with Crippen LogP contribution in [0.4, 0.5) is 0 Å². The van der Waals surface area contributed by atoms with Crippen molar-refractivity contribution >= 4 is 11.3 Å². The maximum Gasteiger partial charge on any atom is 0.0837 e. The number of thiophene rings is 1. The summed E-state index contributed by atoms with van der Waals surface area (Å²) in [5, 5.41) is 14.5. The van der Waals surface area contributed by atoms with Crippen LogP contribution in [0.2, 0.25) is 0 Å².